The molecule has 1 aromatic heterocycles. The van der Waals surface area contributed by atoms with E-state index in [1.165, 1.54) is 0 Å². The number of aromatic nitrogens is 1. The van der Waals surface area contributed by atoms with Gasteiger partial charge in [-0.2, -0.15) is 0 Å². The number of hydrogen-bond acceptors (Lipinski definition) is 4. The first-order valence-electron chi connectivity index (χ1n) is 6.67. The van der Waals surface area contributed by atoms with Gasteiger partial charge in [-0.15, -0.1) is 0 Å². The lowest BCUT2D eigenvalue weighted by atomic mass is 9.97. The van der Waals surface area contributed by atoms with Gasteiger partial charge in [0.05, 0.1) is 5.56 Å². The Labute approximate surface area is 114 Å². The van der Waals surface area contributed by atoms with Gasteiger partial charge in [0.15, 0.2) is 0 Å². The van der Waals surface area contributed by atoms with Crippen LogP contribution in [-0.4, -0.2) is 49.6 Å². The summed E-state index contributed by atoms with van der Waals surface area (Å²) in [5.74, 6) is 1.28. The van der Waals surface area contributed by atoms with Crippen molar-refractivity contribution in [2.75, 3.05) is 39.2 Å². The Morgan fingerprint density at radius 2 is 2.26 bits per heavy atom. The minimum atomic E-state index is 0.0633. The second kappa shape index (κ2) is 6.52. The third-order valence-corrected chi connectivity index (χ3v) is 3.58. The van der Waals surface area contributed by atoms with Crippen molar-refractivity contribution in [2.45, 2.75) is 12.8 Å². The fraction of sp³-hybridized carbons (Fsp3) is 0.571. The predicted octanol–water partition coefficient (Wildman–Crippen LogP) is 1.62. The van der Waals surface area contributed by atoms with Gasteiger partial charge in [-0.1, -0.05) is 0 Å². The molecular weight excluding hydrogens is 242 g/mol. The summed E-state index contributed by atoms with van der Waals surface area (Å²) in [6.45, 7) is 2.38. The van der Waals surface area contributed by atoms with E-state index in [0.29, 0.717) is 17.3 Å². The number of anilines is 1. The third-order valence-electron chi connectivity index (χ3n) is 3.58. The third kappa shape index (κ3) is 3.23. The number of rotatable bonds is 4. The summed E-state index contributed by atoms with van der Waals surface area (Å²) in [5, 5.41) is 2.97. The van der Waals surface area contributed by atoms with Crippen LogP contribution in [0.1, 0.15) is 23.2 Å². The number of nitrogens with one attached hydrogen (secondary N) is 1. The first-order valence-corrected chi connectivity index (χ1v) is 6.67. The molecule has 0 aliphatic carbocycles. The molecule has 0 unspecified atom stereocenters. The van der Waals surface area contributed by atoms with E-state index in [4.69, 9.17) is 4.74 Å². The number of pyridine rings is 1. The Morgan fingerprint density at radius 1 is 1.53 bits per heavy atom. The van der Waals surface area contributed by atoms with E-state index in [2.05, 4.69) is 10.3 Å². The summed E-state index contributed by atoms with van der Waals surface area (Å²) in [6, 6.07) is 3.62. The van der Waals surface area contributed by atoms with Gasteiger partial charge in [0.2, 0.25) is 0 Å². The van der Waals surface area contributed by atoms with Crippen LogP contribution in [-0.2, 0) is 4.74 Å². The van der Waals surface area contributed by atoms with Crippen LogP contribution in [0.4, 0.5) is 5.82 Å². The van der Waals surface area contributed by atoms with E-state index in [1.807, 2.05) is 11.0 Å². The van der Waals surface area contributed by atoms with Crippen molar-refractivity contribution >= 4 is 11.7 Å². The quantitative estimate of drug-likeness (QED) is 0.897. The van der Waals surface area contributed by atoms with Crippen LogP contribution in [0.3, 0.4) is 0 Å². The molecule has 0 radical (unpaired) electrons. The standard InChI is InChI=1S/C14H21N3O2/c1-15-13-12(4-3-7-16-13)14(18)17-8-5-11(6-9-17)10-19-2/h3-4,7,11H,5-6,8-10H2,1-2H3,(H,15,16). The lowest BCUT2D eigenvalue weighted by Crippen LogP contribution is -2.39. The molecule has 5 nitrogen and oxygen atoms in total. The molecule has 0 aromatic carbocycles. The highest BCUT2D eigenvalue weighted by molar-refractivity contribution is 5.98. The minimum Gasteiger partial charge on any atom is -0.384 e. The van der Waals surface area contributed by atoms with E-state index < -0.39 is 0 Å². The minimum absolute atomic E-state index is 0.0633. The average Bonchev–Trinajstić information content (AvgIpc) is 2.47. The number of carbonyl (C=O) groups is 1. The number of amides is 1. The summed E-state index contributed by atoms with van der Waals surface area (Å²) in [7, 11) is 3.51. The highest BCUT2D eigenvalue weighted by Gasteiger charge is 2.25. The molecule has 2 heterocycles. The van der Waals surface area contributed by atoms with E-state index in [1.54, 1.807) is 26.4 Å². The fourth-order valence-corrected chi connectivity index (χ4v) is 2.49. The van der Waals surface area contributed by atoms with Crippen molar-refractivity contribution < 1.29 is 9.53 Å². The molecule has 19 heavy (non-hydrogen) atoms. The molecule has 1 saturated heterocycles. The molecule has 0 atom stereocenters. The van der Waals surface area contributed by atoms with Crippen molar-refractivity contribution in [1.82, 2.24) is 9.88 Å². The molecule has 1 aromatic rings. The van der Waals surface area contributed by atoms with Gasteiger partial charge < -0.3 is 15.0 Å². The second-order valence-corrected chi connectivity index (χ2v) is 4.84. The lowest BCUT2D eigenvalue weighted by molar-refractivity contribution is 0.0614. The largest absolute Gasteiger partial charge is 0.384 e. The zero-order valence-electron chi connectivity index (χ0n) is 11.6. The van der Waals surface area contributed by atoms with Crippen molar-refractivity contribution in [3.8, 4) is 0 Å². The Morgan fingerprint density at radius 3 is 2.89 bits per heavy atom. The molecule has 2 rings (SSSR count). The number of piperidine rings is 1. The molecule has 104 valence electrons. The Bertz CT molecular complexity index is 428. The molecule has 1 aliphatic heterocycles. The van der Waals surface area contributed by atoms with Crippen molar-refractivity contribution in [3.05, 3.63) is 23.9 Å². The maximum Gasteiger partial charge on any atom is 0.257 e. The van der Waals surface area contributed by atoms with Crippen LogP contribution in [0.15, 0.2) is 18.3 Å². The zero-order chi connectivity index (χ0) is 13.7. The Hall–Kier alpha value is -1.62. The average molecular weight is 263 g/mol. The second-order valence-electron chi connectivity index (χ2n) is 4.84. The van der Waals surface area contributed by atoms with Crippen LogP contribution < -0.4 is 5.32 Å². The molecular formula is C14H21N3O2. The molecule has 5 heteroatoms. The van der Waals surface area contributed by atoms with Gasteiger partial charge in [-0.3, -0.25) is 4.79 Å². The SMILES string of the molecule is CNc1ncccc1C(=O)N1CCC(COC)CC1. The van der Waals surface area contributed by atoms with E-state index in [0.717, 1.165) is 32.5 Å². The first kappa shape index (κ1) is 13.8. The maximum absolute atomic E-state index is 12.5. The van der Waals surface area contributed by atoms with E-state index >= 15 is 0 Å². The number of carbonyl (C=O) groups excluding carboxylic acids is 1. The number of hydrogen-bond donors (Lipinski definition) is 1. The molecule has 0 saturated carbocycles. The van der Waals surface area contributed by atoms with E-state index in [9.17, 15) is 4.79 Å². The number of methoxy groups -OCH3 is 1. The summed E-state index contributed by atoms with van der Waals surface area (Å²) in [5.41, 5.74) is 0.648. The Kier molecular flexibility index (Phi) is 4.74. The summed E-state index contributed by atoms with van der Waals surface area (Å²) < 4.78 is 5.17. The normalized spacial score (nSPS) is 16.4. The summed E-state index contributed by atoms with van der Waals surface area (Å²) >= 11 is 0. The van der Waals surface area contributed by atoms with Gasteiger partial charge in [-0.05, 0) is 30.9 Å². The Balaban J connectivity index is 2.01. The van der Waals surface area contributed by atoms with Crippen LogP contribution in [0.2, 0.25) is 0 Å². The highest BCUT2D eigenvalue weighted by atomic mass is 16.5. The molecule has 0 bridgehead atoms. The number of ether oxygens (including phenoxy) is 1. The lowest BCUT2D eigenvalue weighted by Gasteiger charge is -2.32. The molecule has 1 fully saturated rings. The fourth-order valence-electron chi connectivity index (χ4n) is 2.49. The summed E-state index contributed by atoms with van der Waals surface area (Å²) in [4.78, 5) is 18.5. The van der Waals surface area contributed by atoms with Crippen molar-refractivity contribution in [2.24, 2.45) is 5.92 Å². The van der Waals surface area contributed by atoms with Crippen LogP contribution in [0, 0.1) is 5.92 Å². The summed E-state index contributed by atoms with van der Waals surface area (Å²) in [6.07, 6.45) is 3.71. The number of likely N-dealkylation sites (tertiary alicyclic amines) is 1. The van der Waals surface area contributed by atoms with Gasteiger partial charge in [-0.25, -0.2) is 4.98 Å². The first-order chi connectivity index (χ1) is 9.26. The highest BCUT2D eigenvalue weighted by Crippen LogP contribution is 2.21. The number of nitrogens with zero attached hydrogens (tertiary/aromatic N) is 2. The van der Waals surface area contributed by atoms with Crippen molar-refractivity contribution in [1.29, 1.82) is 0 Å². The predicted molar refractivity (Wildman–Crippen MR) is 74.3 cm³/mol. The topological polar surface area (TPSA) is 54.5 Å². The van der Waals surface area contributed by atoms with Gasteiger partial charge in [0.25, 0.3) is 5.91 Å². The van der Waals surface area contributed by atoms with Gasteiger partial charge in [0.1, 0.15) is 5.82 Å². The van der Waals surface area contributed by atoms with E-state index in [-0.39, 0.29) is 5.91 Å². The monoisotopic (exact) mass is 263 g/mol. The molecule has 1 amide bonds. The molecule has 0 spiro atoms. The molecule has 1 N–H and O–H groups in total. The van der Waals surface area contributed by atoms with Crippen molar-refractivity contribution in [3.63, 3.8) is 0 Å². The zero-order valence-corrected chi connectivity index (χ0v) is 11.6. The smallest absolute Gasteiger partial charge is 0.257 e. The van der Waals surface area contributed by atoms with Gasteiger partial charge in [0, 0.05) is 40.1 Å². The van der Waals surface area contributed by atoms with Crippen LogP contribution in [0.5, 0.6) is 0 Å². The molecule has 1 aliphatic rings. The maximum atomic E-state index is 12.5. The van der Waals surface area contributed by atoms with Gasteiger partial charge >= 0.3 is 0 Å². The van der Waals surface area contributed by atoms with Crippen LogP contribution >= 0.6 is 0 Å². The van der Waals surface area contributed by atoms with Crippen LogP contribution in [0.25, 0.3) is 0 Å².